The van der Waals surface area contributed by atoms with Crippen LogP contribution in [0.1, 0.15) is 18.4 Å². The van der Waals surface area contributed by atoms with Crippen LogP contribution in [-0.4, -0.2) is 56.8 Å². The van der Waals surface area contributed by atoms with Crippen molar-refractivity contribution in [1.82, 2.24) is 15.8 Å². The third kappa shape index (κ3) is 5.99. The fourth-order valence-electron chi connectivity index (χ4n) is 4.17. The molecule has 0 radical (unpaired) electrons. The molecule has 200 valence electrons. The van der Waals surface area contributed by atoms with Crippen molar-refractivity contribution < 1.29 is 21.4 Å². The fourth-order valence-corrected chi connectivity index (χ4v) is 8.85. The lowest BCUT2D eigenvalue weighted by molar-refractivity contribution is 0.494. The summed E-state index contributed by atoms with van der Waals surface area (Å²) in [7, 11) is -8.04. The largest absolute Gasteiger partial charge is 0.611 e. The molecule has 13 nitrogen and oxygen atoms in total. The summed E-state index contributed by atoms with van der Waals surface area (Å²) in [5.74, 6) is 5.04. The number of amidine groups is 1. The number of fused-ring (bicyclic) bond motifs is 1. The molecule has 4 rings (SSSR count). The van der Waals surface area contributed by atoms with Gasteiger partial charge >= 0.3 is 0 Å². The van der Waals surface area contributed by atoms with Crippen LogP contribution >= 0.6 is 11.3 Å². The molecule has 0 saturated carbocycles. The molecule has 0 aliphatic carbocycles. The highest BCUT2D eigenvalue weighted by molar-refractivity contribution is 7.94. The van der Waals surface area contributed by atoms with Crippen LogP contribution in [-0.2, 0) is 31.2 Å². The molecule has 9 N–H and O–H groups in total. The summed E-state index contributed by atoms with van der Waals surface area (Å²) >= 11 is -0.608. The Kier molecular flexibility index (Phi) is 7.96. The average Bonchev–Trinajstić information content (AvgIpc) is 3.23. The molecule has 1 atom stereocenters. The number of para-hydroxylation sites is 1. The Bertz CT molecular complexity index is 1570. The van der Waals surface area contributed by atoms with Crippen LogP contribution in [0, 0.1) is 0 Å². The number of rotatable bonds is 8. The number of sulfonamides is 2. The standard InChI is InChI=1S/C20H26N8O5S4/c1-36(30,31)27-20-25-17-13(3-2-4-14(17)34-20)12-5-6-15(35(29)11-7-9-24-10-8-11)18(37(23,32)33)16(12)19(21)26-28-22/h2-6,11,24,28H,7-10,22H2,1H3,(H2,21,26)(H,25,27)(H2,23,32,33). The zero-order valence-corrected chi connectivity index (χ0v) is 22.9. The van der Waals surface area contributed by atoms with Crippen molar-refractivity contribution in [3.63, 3.8) is 0 Å². The van der Waals surface area contributed by atoms with Crippen LogP contribution in [0.3, 0.4) is 0 Å². The van der Waals surface area contributed by atoms with E-state index >= 15 is 0 Å². The van der Waals surface area contributed by atoms with E-state index in [0.29, 0.717) is 41.7 Å². The van der Waals surface area contributed by atoms with E-state index in [9.17, 15) is 21.4 Å². The average molecular weight is 587 g/mol. The molecule has 2 aromatic carbocycles. The summed E-state index contributed by atoms with van der Waals surface area (Å²) < 4.78 is 65.9. The second kappa shape index (κ2) is 10.7. The highest BCUT2D eigenvalue weighted by Crippen LogP contribution is 2.39. The number of anilines is 1. The monoisotopic (exact) mass is 586 g/mol. The molecule has 1 unspecified atom stereocenters. The SMILES string of the molecule is CS(=O)(=O)Nc1nc2c(-c3ccc([S+]([O-])C4CCNCC4)c(S(N)(=O)=O)c3/C(N)=N/NN)cccc2s1. The van der Waals surface area contributed by atoms with Gasteiger partial charge in [-0.05, 0) is 48.0 Å². The Labute approximate surface area is 221 Å². The predicted octanol–water partition coefficient (Wildman–Crippen LogP) is -0.0746. The number of hydrogen-bond acceptors (Lipinski definition) is 11. The molecule has 1 aromatic heterocycles. The van der Waals surface area contributed by atoms with Gasteiger partial charge in [-0.25, -0.2) is 38.3 Å². The molecule has 2 heterocycles. The number of nitrogens with zero attached hydrogens (tertiary/aromatic N) is 2. The molecule has 0 spiro atoms. The quantitative estimate of drug-likeness (QED) is 0.0676. The van der Waals surface area contributed by atoms with Crippen molar-refractivity contribution in [1.29, 1.82) is 0 Å². The normalized spacial score (nSPS) is 16.6. The lowest BCUT2D eigenvalue weighted by atomic mass is 9.98. The number of benzene rings is 2. The summed E-state index contributed by atoms with van der Waals surface area (Å²) in [6.45, 7) is 1.31. The van der Waals surface area contributed by atoms with E-state index in [1.807, 2.05) is 0 Å². The third-order valence-electron chi connectivity index (χ3n) is 5.63. The Hall–Kier alpha value is -2.51. The summed E-state index contributed by atoms with van der Waals surface area (Å²) in [5.41, 5.74) is 9.27. The van der Waals surface area contributed by atoms with Gasteiger partial charge in [0.1, 0.15) is 10.1 Å². The second-order valence-electron chi connectivity index (χ2n) is 8.28. The molecule has 1 saturated heterocycles. The lowest BCUT2D eigenvalue weighted by Gasteiger charge is -2.27. The molecule has 37 heavy (non-hydrogen) atoms. The first-order chi connectivity index (χ1) is 17.4. The number of piperidine rings is 1. The van der Waals surface area contributed by atoms with E-state index in [-0.39, 0.29) is 32.2 Å². The van der Waals surface area contributed by atoms with Crippen LogP contribution in [0.4, 0.5) is 5.13 Å². The molecular formula is C20H26N8O5S4. The zero-order valence-electron chi connectivity index (χ0n) is 19.6. The van der Waals surface area contributed by atoms with Crippen LogP contribution in [0.25, 0.3) is 21.3 Å². The van der Waals surface area contributed by atoms with Crippen LogP contribution in [0.15, 0.2) is 45.2 Å². The first-order valence-corrected chi connectivity index (χ1v) is 16.4. The topological polar surface area (TPSA) is 231 Å². The van der Waals surface area contributed by atoms with E-state index in [0.717, 1.165) is 17.6 Å². The molecular weight excluding hydrogens is 561 g/mol. The Morgan fingerprint density at radius 3 is 2.51 bits per heavy atom. The van der Waals surface area contributed by atoms with E-state index in [1.165, 1.54) is 6.07 Å². The predicted molar refractivity (Wildman–Crippen MR) is 145 cm³/mol. The molecule has 0 bridgehead atoms. The van der Waals surface area contributed by atoms with Crippen LogP contribution in [0.2, 0.25) is 0 Å². The number of hydrazone groups is 1. The van der Waals surface area contributed by atoms with Crippen molar-refractivity contribution in [3.05, 3.63) is 35.9 Å². The minimum atomic E-state index is -4.46. The van der Waals surface area contributed by atoms with Crippen molar-refractivity contribution in [2.24, 2.45) is 21.8 Å². The van der Waals surface area contributed by atoms with Gasteiger partial charge in [0.05, 0.1) is 22.0 Å². The zero-order chi connectivity index (χ0) is 27.0. The first-order valence-electron chi connectivity index (χ1n) is 10.9. The Balaban J connectivity index is 2.00. The van der Waals surface area contributed by atoms with Gasteiger partial charge < -0.3 is 15.6 Å². The Morgan fingerprint density at radius 1 is 1.19 bits per heavy atom. The highest BCUT2D eigenvalue weighted by atomic mass is 32.2. The van der Waals surface area contributed by atoms with Crippen molar-refractivity contribution in [2.45, 2.75) is 27.9 Å². The van der Waals surface area contributed by atoms with Crippen molar-refractivity contribution >= 4 is 63.7 Å². The van der Waals surface area contributed by atoms with Crippen LogP contribution < -0.4 is 32.3 Å². The second-order valence-corrected chi connectivity index (χ2v) is 14.3. The number of primary sulfonamides is 1. The lowest BCUT2D eigenvalue weighted by Crippen LogP contribution is -2.37. The van der Waals surface area contributed by atoms with Crippen molar-refractivity contribution in [3.8, 4) is 11.1 Å². The molecule has 1 aliphatic rings. The van der Waals surface area contributed by atoms with E-state index in [1.54, 1.807) is 24.3 Å². The summed E-state index contributed by atoms with van der Waals surface area (Å²) in [6, 6.07) is 8.15. The van der Waals surface area contributed by atoms with Gasteiger partial charge in [0, 0.05) is 18.4 Å². The van der Waals surface area contributed by atoms with Gasteiger partial charge in [0.25, 0.3) is 0 Å². The molecule has 3 aromatic rings. The number of aromatic nitrogens is 1. The highest BCUT2D eigenvalue weighted by Gasteiger charge is 2.36. The van der Waals surface area contributed by atoms with E-state index in [4.69, 9.17) is 16.7 Å². The number of thiazole rings is 1. The maximum atomic E-state index is 13.6. The van der Waals surface area contributed by atoms with Gasteiger partial charge in [0.15, 0.2) is 15.9 Å². The van der Waals surface area contributed by atoms with Gasteiger partial charge in [-0.2, -0.15) is 0 Å². The number of nitrogens with one attached hydrogen (secondary N) is 3. The number of hydrogen-bond donors (Lipinski definition) is 6. The number of hydrazine groups is 1. The van der Waals surface area contributed by atoms with Crippen LogP contribution in [0.5, 0.6) is 0 Å². The summed E-state index contributed by atoms with van der Waals surface area (Å²) in [4.78, 5) is 4.01. The molecule has 1 aliphatic heterocycles. The smallest absolute Gasteiger partial charge is 0.243 e. The van der Waals surface area contributed by atoms with Crippen molar-refractivity contribution in [2.75, 3.05) is 24.1 Å². The molecule has 1 fully saturated rings. The van der Waals surface area contributed by atoms with Gasteiger partial charge in [-0.3, -0.25) is 4.72 Å². The number of nitrogens with two attached hydrogens (primary N) is 3. The maximum Gasteiger partial charge on any atom is 0.243 e. The third-order valence-corrected chi connectivity index (χ3v) is 10.2. The minimum absolute atomic E-state index is 0.0215. The Morgan fingerprint density at radius 2 is 1.89 bits per heavy atom. The molecule has 0 amide bonds. The fraction of sp³-hybridized carbons (Fsp3) is 0.300. The maximum absolute atomic E-state index is 13.6. The van der Waals surface area contributed by atoms with E-state index < -0.39 is 36.1 Å². The summed E-state index contributed by atoms with van der Waals surface area (Å²) in [5, 5.41) is 12.5. The van der Waals surface area contributed by atoms with Gasteiger partial charge in [0.2, 0.25) is 20.0 Å². The van der Waals surface area contributed by atoms with Gasteiger partial charge in [-0.15, -0.1) is 5.10 Å². The molecule has 17 heteroatoms. The first kappa shape index (κ1) is 27.5. The van der Waals surface area contributed by atoms with E-state index in [2.05, 4.69) is 25.7 Å². The summed E-state index contributed by atoms with van der Waals surface area (Å²) in [6.07, 6.45) is 2.19. The minimum Gasteiger partial charge on any atom is -0.611 e. The van der Waals surface area contributed by atoms with Gasteiger partial charge in [-0.1, -0.05) is 23.5 Å².